The van der Waals surface area contributed by atoms with E-state index >= 15 is 0 Å². The highest BCUT2D eigenvalue weighted by Gasteiger charge is 2.27. The summed E-state index contributed by atoms with van der Waals surface area (Å²) in [7, 11) is 0. The Hall–Kier alpha value is -1.42. The second kappa shape index (κ2) is 5.07. The van der Waals surface area contributed by atoms with Gasteiger partial charge in [-0.2, -0.15) is 0 Å². The average molecular weight is 236 g/mol. The van der Waals surface area contributed by atoms with Crippen LogP contribution in [0, 0.1) is 0 Å². The van der Waals surface area contributed by atoms with Crippen LogP contribution in [-0.2, 0) is 0 Å². The number of rotatable bonds is 4. The molecule has 0 aliphatic rings. The van der Waals surface area contributed by atoms with Gasteiger partial charge in [-0.25, -0.2) is 0 Å². The van der Waals surface area contributed by atoms with Gasteiger partial charge in [0.15, 0.2) is 0 Å². The molecule has 4 heteroatoms. The predicted octanol–water partition coefficient (Wildman–Crippen LogP) is 1.87. The van der Waals surface area contributed by atoms with E-state index in [9.17, 15) is 4.79 Å². The molecule has 3 N–H and O–H groups in total. The SMILES string of the molecule is CC[C@](C)(NC(=O)c1ccccc1)C(N)=S. The molecule has 0 unspecified atom stereocenters. The fraction of sp³-hybridized carbons (Fsp3) is 0.333. The minimum atomic E-state index is -0.623. The summed E-state index contributed by atoms with van der Waals surface area (Å²) in [6.45, 7) is 3.76. The number of amides is 1. The average Bonchev–Trinajstić information content (AvgIpc) is 2.29. The summed E-state index contributed by atoms with van der Waals surface area (Å²) in [5, 5.41) is 2.85. The summed E-state index contributed by atoms with van der Waals surface area (Å²) in [5.74, 6) is -0.155. The van der Waals surface area contributed by atoms with Crippen LogP contribution in [0.2, 0.25) is 0 Å². The maximum Gasteiger partial charge on any atom is 0.252 e. The number of thiocarbonyl (C=S) groups is 1. The van der Waals surface area contributed by atoms with Gasteiger partial charge in [-0.05, 0) is 25.5 Å². The van der Waals surface area contributed by atoms with Crippen LogP contribution in [0.5, 0.6) is 0 Å². The highest BCUT2D eigenvalue weighted by molar-refractivity contribution is 7.80. The summed E-state index contributed by atoms with van der Waals surface area (Å²) >= 11 is 4.96. The molecule has 0 aliphatic heterocycles. The first-order chi connectivity index (χ1) is 7.49. The van der Waals surface area contributed by atoms with Gasteiger partial charge in [-0.3, -0.25) is 4.79 Å². The van der Waals surface area contributed by atoms with Crippen molar-refractivity contribution >= 4 is 23.1 Å². The van der Waals surface area contributed by atoms with Crippen molar-refractivity contribution in [1.29, 1.82) is 0 Å². The zero-order valence-corrected chi connectivity index (χ0v) is 10.3. The molecule has 16 heavy (non-hydrogen) atoms. The minimum absolute atomic E-state index is 0.155. The van der Waals surface area contributed by atoms with Crippen LogP contribution in [-0.4, -0.2) is 16.4 Å². The summed E-state index contributed by atoms with van der Waals surface area (Å²) < 4.78 is 0. The van der Waals surface area contributed by atoms with E-state index in [1.807, 2.05) is 32.0 Å². The molecule has 3 nitrogen and oxygen atoms in total. The monoisotopic (exact) mass is 236 g/mol. The number of hydrogen-bond donors (Lipinski definition) is 2. The van der Waals surface area contributed by atoms with Gasteiger partial charge in [0, 0.05) is 5.56 Å². The Morgan fingerprint density at radius 2 is 2.00 bits per heavy atom. The van der Waals surface area contributed by atoms with Crippen molar-refractivity contribution in [3.8, 4) is 0 Å². The minimum Gasteiger partial charge on any atom is -0.391 e. The summed E-state index contributed by atoms with van der Waals surface area (Å²) in [6, 6.07) is 9.01. The standard InChI is InChI=1S/C12H16N2OS/c1-3-12(2,11(13)16)14-10(15)9-7-5-4-6-8-9/h4-8H,3H2,1-2H3,(H2,13,16)(H,14,15)/t12-/m0/s1. The second-order valence-electron chi connectivity index (χ2n) is 3.87. The molecule has 0 aliphatic carbocycles. The van der Waals surface area contributed by atoms with Crippen LogP contribution in [0.3, 0.4) is 0 Å². The molecule has 1 aromatic rings. The highest BCUT2D eigenvalue weighted by Crippen LogP contribution is 2.11. The Morgan fingerprint density at radius 1 is 1.44 bits per heavy atom. The lowest BCUT2D eigenvalue weighted by molar-refractivity contribution is 0.0926. The van der Waals surface area contributed by atoms with Crippen molar-refractivity contribution in [2.75, 3.05) is 0 Å². The molecule has 0 aromatic heterocycles. The van der Waals surface area contributed by atoms with Gasteiger partial charge in [-0.1, -0.05) is 37.3 Å². The van der Waals surface area contributed by atoms with Gasteiger partial charge >= 0.3 is 0 Å². The zero-order chi connectivity index (χ0) is 12.2. The Balaban J connectivity index is 2.82. The van der Waals surface area contributed by atoms with E-state index in [0.29, 0.717) is 17.0 Å². The molecule has 0 bridgehead atoms. The summed E-state index contributed by atoms with van der Waals surface area (Å²) in [6.07, 6.45) is 0.668. The van der Waals surface area contributed by atoms with Gasteiger partial charge in [0.25, 0.3) is 5.91 Å². The molecular formula is C12H16N2OS. The van der Waals surface area contributed by atoms with Crippen molar-refractivity contribution in [2.45, 2.75) is 25.8 Å². The lowest BCUT2D eigenvalue weighted by Gasteiger charge is -2.28. The molecule has 0 saturated heterocycles. The van der Waals surface area contributed by atoms with Crippen LogP contribution in [0.15, 0.2) is 30.3 Å². The first-order valence-corrected chi connectivity index (χ1v) is 5.58. The van der Waals surface area contributed by atoms with Crippen molar-refractivity contribution in [1.82, 2.24) is 5.32 Å². The van der Waals surface area contributed by atoms with Gasteiger partial charge in [0.05, 0.1) is 10.5 Å². The number of nitrogens with one attached hydrogen (secondary N) is 1. The lowest BCUT2D eigenvalue weighted by atomic mass is 9.98. The van der Waals surface area contributed by atoms with Crippen molar-refractivity contribution in [2.24, 2.45) is 5.73 Å². The fourth-order valence-corrected chi connectivity index (χ4v) is 1.43. The second-order valence-corrected chi connectivity index (χ2v) is 4.31. The lowest BCUT2D eigenvalue weighted by Crippen LogP contribution is -2.54. The molecule has 0 heterocycles. The smallest absolute Gasteiger partial charge is 0.252 e. The molecule has 1 atom stereocenters. The maximum atomic E-state index is 11.9. The molecule has 0 spiro atoms. The van der Waals surface area contributed by atoms with Gasteiger partial charge < -0.3 is 11.1 Å². The Bertz CT molecular complexity index is 391. The van der Waals surface area contributed by atoms with Crippen LogP contribution in [0.25, 0.3) is 0 Å². The fourth-order valence-electron chi connectivity index (χ4n) is 1.24. The van der Waals surface area contributed by atoms with Crippen molar-refractivity contribution in [3.05, 3.63) is 35.9 Å². The molecule has 1 aromatic carbocycles. The third kappa shape index (κ3) is 2.79. The van der Waals surface area contributed by atoms with Crippen LogP contribution in [0.1, 0.15) is 30.6 Å². The van der Waals surface area contributed by atoms with Crippen molar-refractivity contribution in [3.63, 3.8) is 0 Å². The van der Waals surface area contributed by atoms with E-state index in [2.05, 4.69) is 5.32 Å². The summed E-state index contributed by atoms with van der Waals surface area (Å²) in [5.41, 5.74) is 5.61. The molecule has 0 fully saturated rings. The molecule has 0 saturated carbocycles. The molecular weight excluding hydrogens is 220 g/mol. The Morgan fingerprint density at radius 3 is 2.44 bits per heavy atom. The zero-order valence-electron chi connectivity index (χ0n) is 9.49. The third-order valence-electron chi connectivity index (χ3n) is 2.68. The van der Waals surface area contributed by atoms with E-state index in [1.54, 1.807) is 12.1 Å². The Kier molecular flexibility index (Phi) is 4.01. The van der Waals surface area contributed by atoms with E-state index < -0.39 is 5.54 Å². The van der Waals surface area contributed by atoms with E-state index in [4.69, 9.17) is 18.0 Å². The first-order valence-electron chi connectivity index (χ1n) is 5.17. The molecule has 1 rings (SSSR count). The van der Waals surface area contributed by atoms with Crippen molar-refractivity contribution < 1.29 is 4.79 Å². The molecule has 0 radical (unpaired) electrons. The first kappa shape index (κ1) is 12.6. The van der Waals surface area contributed by atoms with E-state index in [1.165, 1.54) is 0 Å². The van der Waals surface area contributed by atoms with E-state index in [0.717, 1.165) is 0 Å². The maximum absolute atomic E-state index is 11.9. The van der Waals surface area contributed by atoms with Crippen LogP contribution in [0.4, 0.5) is 0 Å². The number of benzene rings is 1. The molecule has 86 valence electrons. The largest absolute Gasteiger partial charge is 0.391 e. The summed E-state index contributed by atoms with van der Waals surface area (Å²) in [4.78, 5) is 12.2. The van der Waals surface area contributed by atoms with Crippen LogP contribution >= 0.6 is 12.2 Å². The molecule has 1 amide bonds. The topological polar surface area (TPSA) is 55.1 Å². The number of carbonyl (C=O) groups is 1. The quantitative estimate of drug-likeness (QED) is 0.785. The van der Waals surface area contributed by atoms with Gasteiger partial charge in [0.1, 0.15) is 0 Å². The van der Waals surface area contributed by atoms with E-state index in [-0.39, 0.29) is 5.91 Å². The highest BCUT2D eigenvalue weighted by atomic mass is 32.1. The van der Waals surface area contributed by atoms with Gasteiger partial charge in [-0.15, -0.1) is 0 Å². The van der Waals surface area contributed by atoms with Crippen LogP contribution < -0.4 is 11.1 Å². The number of carbonyl (C=O) groups excluding carboxylic acids is 1. The third-order valence-corrected chi connectivity index (χ3v) is 3.13. The number of nitrogens with two attached hydrogens (primary N) is 1. The number of hydrogen-bond acceptors (Lipinski definition) is 2. The predicted molar refractivity (Wildman–Crippen MR) is 69.4 cm³/mol. The van der Waals surface area contributed by atoms with Gasteiger partial charge in [0.2, 0.25) is 0 Å². The normalized spacial score (nSPS) is 13.9. The Labute approximate surface area is 101 Å².